The minimum absolute atomic E-state index is 0.251. The van der Waals surface area contributed by atoms with Crippen molar-refractivity contribution in [1.29, 1.82) is 0 Å². The van der Waals surface area contributed by atoms with E-state index in [0.29, 0.717) is 11.8 Å². The fourth-order valence-electron chi connectivity index (χ4n) is 4.75. The van der Waals surface area contributed by atoms with E-state index in [1.165, 1.54) is 38.5 Å². The largest absolute Gasteiger partial charge is 0.290 e. The number of ketones is 1. The van der Waals surface area contributed by atoms with Gasteiger partial charge in [0.15, 0.2) is 5.78 Å². The topological polar surface area (TPSA) is 17.1 Å². The maximum atomic E-state index is 11.8. The summed E-state index contributed by atoms with van der Waals surface area (Å²) < 4.78 is 0. The minimum Gasteiger partial charge on any atom is -0.290 e. The quantitative estimate of drug-likeness (QED) is 0.629. The molecule has 2 fully saturated rings. The first-order valence-corrected chi connectivity index (χ1v) is 7.49. The zero-order valence-corrected chi connectivity index (χ0v) is 10.8. The fourth-order valence-corrected chi connectivity index (χ4v) is 4.75. The van der Waals surface area contributed by atoms with E-state index in [1.54, 1.807) is 11.6 Å². The molecule has 0 N–H and O–H groups in total. The molecular weight excluding hydrogens is 220 g/mol. The summed E-state index contributed by atoms with van der Waals surface area (Å²) in [7, 11) is 0. The summed E-state index contributed by atoms with van der Waals surface area (Å²) in [5.41, 5.74) is 2.73. The molecule has 4 atom stereocenters. The highest BCUT2D eigenvalue weighted by molar-refractivity contribution is 6.07. The van der Waals surface area contributed by atoms with Crippen LogP contribution in [-0.2, 0) is 4.79 Å². The standard InChI is InChI=1S/C17H20O/c18-17-10-9-15-14-6-5-11-3-1-2-4-12(11)13(14)7-8-16(15)17/h7-12,14-15H,1-6H2/t11?,12-,14+,15-/m0/s1. The van der Waals surface area contributed by atoms with Gasteiger partial charge in [0.25, 0.3) is 0 Å². The first-order valence-electron chi connectivity index (χ1n) is 7.49. The lowest BCUT2D eigenvalue weighted by Crippen LogP contribution is -2.34. The average molecular weight is 240 g/mol. The first kappa shape index (κ1) is 10.8. The molecule has 0 radical (unpaired) electrons. The molecule has 0 spiro atoms. The smallest absolute Gasteiger partial charge is 0.182 e. The molecule has 0 amide bonds. The van der Waals surface area contributed by atoms with Gasteiger partial charge in [0.1, 0.15) is 0 Å². The normalized spacial score (nSPS) is 41.7. The monoisotopic (exact) mass is 240 g/mol. The number of hydrogen-bond acceptors (Lipinski definition) is 1. The molecule has 0 aromatic heterocycles. The third-order valence-corrected chi connectivity index (χ3v) is 5.60. The van der Waals surface area contributed by atoms with Crippen LogP contribution >= 0.6 is 0 Å². The van der Waals surface area contributed by atoms with Crippen molar-refractivity contribution in [2.24, 2.45) is 23.7 Å². The molecule has 94 valence electrons. The van der Waals surface area contributed by atoms with Gasteiger partial charge in [-0.15, -0.1) is 0 Å². The van der Waals surface area contributed by atoms with Crippen LogP contribution in [0.25, 0.3) is 0 Å². The van der Waals surface area contributed by atoms with Gasteiger partial charge in [-0.25, -0.2) is 0 Å². The molecule has 4 rings (SSSR count). The Bertz CT molecular complexity index is 480. The Morgan fingerprint density at radius 2 is 1.83 bits per heavy atom. The summed E-state index contributed by atoms with van der Waals surface area (Å²) in [5.74, 6) is 3.09. The van der Waals surface area contributed by atoms with Crippen molar-refractivity contribution in [2.75, 3.05) is 0 Å². The minimum atomic E-state index is 0.251. The third-order valence-electron chi connectivity index (χ3n) is 5.60. The third kappa shape index (κ3) is 1.43. The van der Waals surface area contributed by atoms with Gasteiger partial charge >= 0.3 is 0 Å². The van der Waals surface area contributed by atoms with Gasteiger partial charge in [-0.05, 0) is 49.5 Å². The molecule has 4 aliphatic rings. The van der Waals surface area contributed by atoms with Gasteiger partial charge in [0.05, 0.1) is 0 Å². The summed E-state index contributed by atoms with van der Waals surface area (Å²) in [6, 6.07) is 0. The maximum absolute atomic E-state index is 11.8. The molecule has 18 heavy (non-hydrogen) atoms. The van der Waals surface area contributed by atoms with Crippen molar-refractivity contribution in [3.05, 3.63) is 35.5 Å². The van der Waals surface area contributed by atoms with Crippen LogP contribution < -0.4 is 0 Å². The van der Waals surface area contributed by atoms with Gasteiger partial charge in [0.2, 0.25) is 0 Å². The summed E-state index contributed by atoms with van der Waals surface area (Å²) in [4.78, 5) is 11.8. The molecule has 1 nitrogen and oxygen atoms in total. The number of carbonyl (C=O) groups is 1. The Balaban J connectivity index is 1.71. The molecule has 0 aliphatic heterocycles. The summed E-state index contributed by atoms with van der Waals surface area (Å²) in [6.45, 7) is 0. The highest BCUT2D eigenvalue weighted by Crippen LogP contribution is 2.51. The Morgan fingerprint density at radius 3 is 2.78 bits per heavy atom. The molecule has 0 saturated heterocycles. The van der Waals surface area contributed by atoms with Crippen LogP contribution in [0.15, 0.2) is 35.5 Å². The van der Waals surface area contributed by atoms with Crippen molar-refractivity contribution in [1.82, 2.24) is 0 Å². The van der Waals surface area contributed by atoms with Crippen LogP contribution in [0.4, 0.5) is 0 Å². The molecule has 0 bridgehead atoms. The number of fused-ring (bicyclic) bond motifs is 5. The Labute approximate surface area is 109 Å². The van der Waals surface area contributed by atoms with E-state index in [0.717, 1.165) is 17.4 Å². The van der Waals surface area contributed by atoms with Crippen LogP contribution in [-0.4, -0.2) is 5.78 Å². The molecule has 1 heteroatoms. The van der Waals surface area contributed by atoms with E-state index in [1.807, 2.05) is 0 Å². The van der Waals surface area contributed by atoms with Crippen LogP contribution in [0.2, 0.25) is 0 Å². The van der Waals surface area contributed by atoms with E-state index < -0.39 is 0 Å². The second kappa shape index (κ2) is 3.94. The second-order valence-corrected chi connectivity index (χ2v) is 6.37. The lowest BCUT2D eigenvalue weighted by molar-refractivity contribution is -0.111. The molecule has 1 unspecified atom stereocenters. The van der Waals surface area contributed by atoms with Crippen LogP contribution in [0.1, 0.15) is 38.5 Å². The summed E-state index contributed by atoms with van der Waals surface area (Å²) in [6.07, 6.45) is 16.7. The number of carbonyl (C=O) groups excluding carboxylic acids is 1. The molecule has 0 aromatic carbocycles. The van der Waals surface area contributed by atoms with Crippen molar-refractivity contribution in [2.45, 2.75) is 38.5 Å². The van der Waals surface area contributed by atoms with Crippen molar-refractivity contribution >= 4 is 5.78 Å². The summed E-state index contributed by atoms with van der Waals surface area (Å²) in [5, 5.41) is 0. The average Bonchev–Trinajstić information content (AvgIpc) is 2.80. The Morgan fingerprint density at radius 1 is 0.944 bits per heavy atom. The Kier molecular flexibility index (Phi) is 2.36. The van der Waals surface area contributed by atoms with Crippen LogP contribution in [0.5, 0.6) is 0 Å². The number of hydrogen-bond donors (Lipinski definition) is 0. The van der Waals surface area contributed by atoms with Gasteiger partial charge in [0, 0.05) is 11.5 Å². The predicted molar refractivity (Wildman–Crippen MR) is 72.0 cm³/mol. The van der Waals surface area contributed by atoms with E-state index in [4.69, 9.17) is 0 Å². The van der Waals surface area contributed by atoms with Gasteiger partial charge in [-0.3, -0.25) is 4.79 Å². The van der Waals surface area contributed by atoms with Gasteiger partial charge in [-0.1, -0.05) is 36.6 Å². The molecule has 2 saturated carbocycles. The fraction of sp³-hybridized carbons (Fsp3) is 0.588. The second-order valence-electron chi connectivity index (χ2n) is 6.37. The van der Waals surface area contributed by atoms with Crippen molar-refractivity contribution < 1.29 is 4.79 Å². The van der Waals surface area contributed by atoms with E-state index in [-0.39, 0.29) is 5.78 Å². The number of rotatable bonds is 0. The molecule has 0 aromatic rings. The summed E-state index contributed by atoms with van der Waals surface area (Å²) >= 11 is 0. The van der Waals surface area contributed by atoms with Crippen LogP contribution in [0.3, 0.4) is 0 Å². The SMILES string of the molecule is O=C1C=C[C@@H]2C1=CC=C1[C@H]3CCCCC3CC[C@H]12. The lowest BCUT2D eigenvalue weighted by atomic mass is 9.60. The van der Waals surface area contributed by atoms with Gasteiger partial charge in [-0.2, -0.15) is 0 Å². The highest BCUT2D eigenvalue weighted by Gasteiger charge is 2.42. The molecule has 4 aliphatic carbocycles. The first-order chi connectivity index (χ1) is 8.84. The van der Waals surface area contributed by atoms with E-state index in [9.17, 15) is 4.79 Å². The van der Waals surface area contributed by atoms with Gasteiger partial charge < -0.3 is 0 Å². The highest BCUT2D eigenvalue weighted by atomic mass is 16.1. The zero-order chi connectivity index (χ0) is 12.1. The Hall–Kier alpha value is -1.11. The number of allylic oxidation sites excluding steroid dienone is 6. The van der Waals surface area contributed by atoms with E-state index in [2.05, 4.69) is 18.2 Å². The van der Waals surface area contributed by atoms with Crippen LogP contribution in [0, 0.1) is 23.7 Å². The molecular formula is C17H20O. The molecule has 0 heterocycles. The predicted octanol–water partition coefficient (Wildman–Crippen LogP) is 3.82. The van der Waals surface area contributed by atoms with Crippen molar-refractivity contribution in [3.8, 4) is 0 Å². The van der Waals surface area contributed by atoms with Crippen molar-refractivity contribution in [3.63, 3.8) is 0 Å². The lowest BCUT2D eigenvalue weighted by Gasteiger charge is -2.44. The van der Waals surface area contributed by atoms with E-state index >= 15 is 0 Å². The zero-order valence-electron chi connectivity index (χ0n) is 10.8. The maximum Gasteiger partial charge on any atom is 0.182 e.